The number of hydrogen-bond acceptors (Lipinski definition) is 6. The lowest BCUT2D eigenvalue weighted by Crippen LogP contribution is -2.25. The second-order valence-corrected chi connectivity index (χ2v) is 11.9. The van der Waals surface area contributed by atoms with Crippen LogP contribution in [0, 0.1) is 5.82 Å². The van der Waals surface area contributed by atoms with Crippen molar-refractivity contribution >= 4 is 21.8 Å². The highest BCUT2D eigenvalue weighted by atomic mass is 19.1. The van der Waals surface area contributed by atoms with Gasteiger partial charge in [-0.3, -0.25) is 20.0 Å². The molecule has 1 fully saturated rings. The highest BCUT2D eigenvalue weighted by Crippen LogP contribution is 2.36. The lowest BCUT2D eigenvalue weighted by molar-refractivity contribution is 0.237. The van der Waals surface area contributed by atoms with Crippen LogP contribution >= 0.6 is 0 Å². The summed E-state index contributed by atoms with van der Waals surface area (Å²) in [5.41, 5.74) is 7.70. The summed E-state index contributed by atoms with van der Waals surface area (Å²) >= 11 is 0. The number of nitrogens with one attached hydrogen (secondary N) is 2. The van der Waals surface area contributed by atoms with Crippen molar-refractivity contribution in [2.75, 3.05) is 26.2 Å². The fraction of sp³-hybridized carbons (Fsp3) is 0.184. The van der Waals surface area contributed by atoms with E-state index < -0.39 is 0 Å². The van der Waals surface area contributed by atoms with Crippen LogP contribution in [0.3, 0.4) is 0 Å². The Kier molecular flexibility index (Phi) is 7.80. The van der Waals surface area contributed by atoms with Gasteiger partial charge in [0, 0.05) is 40.7 Å². The van der Waals surface area contributed by atoms with E-state index in [1.807, 2.05) is 66.7 Å². The van der Waals surface area contributed by atoms with E-state index in [-0.39, 0.29) is 5.82 Å². The molecule has 47 heavy (non-hydrogen) atoms. The van der Waals surface area contributed by atoms with Gasteiger partial charge in [-0.25, -0.2) is 4.39 Å². The largest absolute Gasteiger partial charge is 0.492 e. The molecule has 9 heteroatoms. The number of H-pyrrole nitrogens is 2. The molecule has 1 saturated heterocycles. The molecule has 1 aliphatic rings. The van der Waals surface area contributed by atoms with Gasteiger partial charge in [0.05, 0.1) is 29.3 Å². The zero-order chi connectivity index (χ0) is 31.6. The Morgan fingerprint density at radius 1 is 0.766 bits per heavy atom. The molecule has 234 valence electrons. The Morgan fingerprint density at radius 2 is 1.64 bits per heavy atom. The van der Waals surface area contributed by atoms with Crippen molar-refractivity contribution in [1.82, 2.24) is 30.0 Å². The molecule has 2 N–H and O–H groups in total. The fourth-order valence-corrected chi connectivity index (χ4v) is 6.29. The molecule has 0 amide bonds. The lowest BCUT2D eigenvalue weighted by atomic mass is 10.0. The zero-order valence-corrected chi connectivity index (χ0v) is 25.7. The van der Waals surface area contributed by atoms with Crippen molar-refractivity contribution in [3.63, 3.8) is 0 Å². The fourth-order valence-electron chi connectivity index (χ4n) is 6.29. The molecular formula is C38H33FN6O2. The summed E-state index contributed by atoms with van der Waals surface area (Å²) in [5.74, 6) is 0.879. The SMILES string of the molecule is Fc1cc(OCCN2CCCC2)cc(-c2cccc3[nH]c(-c4n[nH]c5cnc(-c6cncc(OCc7ccccc7)c6)cc45)cc23)c1. The first-order valence-corrected chi connectivity index (χ1v) is 15.9. The van der Waals surface area contributed by atoms with Crippen LogP contribution in [0.2, 0.25) is 0 Å². The van der Waals surface area contributed by atoms with Gasteiger partial charge in [-0.15, -0.1) is 0 Å². The number of nitrogens with zero attached hydrogens (tertiary/aromatic N) is 4. The van der Waals surface area contributed by atoms with E-state index in [1.165, 1.54) is 18.9 Å². The van der Waals surface area contributed by atoms with E-state index in [4.69, 9.17) is 9.47 Å². The number of hydrogen-bond donors (Lipinski definition) is 2. The molecule has 8 nitrogen and oxygen atoms in total. The minimum Gasteiger partial charge on any atom is -0.492 e. The van der Waals surface area contributed by atoms with Crippen molar-refractivity contribution in [2.45, 2.75) is 19.4 Å². The first-order valence-electron chi connectivity index (χ1n) is 15.9. The molecule has 0 bridgehead atoms. The number of aromatic amines is 2. The predicted molar refractivity (Wildman–Crippen MR) is 182 cm³/mol. The molecule has 0 atom stereocenters. The minimum atomic E-state index is -0.325. The van der Waals surface area contributed by atoms with Crippen LogP contribution in [-0.4, -0.2) is 56.3 Å². The van der Waals surface area contributed by atoms with Gasteiger partial charge >= 0.3 is 0 Å². The monoisotopic (exact) mass is 624 g/mol. The molecule has 0 radical (unpaired) electrons. The average Bonchev–Trinajstić information content (AvgIpc) is 3.87. The molecule has 5 heterocycles. The Labute approximate surface area is 271 Å². The van der Waals surface area contributed by atoms with Crippen molar-refractivity contribution in [1.29, 1.82) is 0 Å². The van der Waals surface area contributed by atoms with Crippen molar-refractivity contribution in [3.05, 3.63) is 115 Å². The van der Waals surface area contributed by atoms with Gasteiger partial charge in [-0.05, 0) is 79.0 Å². The Hall–Kier alpha value is -5.54. The molecule has 0 unspecified atom stereocenters. The number of benzene rings is 3. The number of halogens is 1. The standard InChI is InChI=1S/C38H33FN6O2/c39-28-15-26(16-29(18-28)46-14-13-45-11-4-5-12-45)31-9-6-10-34-32(31)19-36(42-34)38-33-20-35(41-23-37(33)43-44-38)27-17-30(22-40-21-27)47-24-25-7-2-1-3-8-25/h1-3,6-10,15-23,42H,4-5,11-14,24H2,(H,43,44). The topological polar surface area (TPSA) is 92.0 Å². The van der Waals surface area contributed by atoms with E-state index >= 15 is 0 Å². The second kappa shape index (κ2) is 12.7. The van der Waals surface area contributed by atoms with Gasteiger partial charge in [0.2, 0.25) is 0 Å². The minimum absolute atomic E-state index is 0.325. The molecule has 4 aromatic heterocycles. The number of pyridine rings is 2. The van der Waals surface area contributed by atoms with E-state index in [0.29, 0.717) is 24.7 Å². The third kappa shape index (κ3) is 6.17. The molecule has 0 aliphatic carbocycles. The van der Waals surface area contributed by atoms with Crippen LogP contribution in [0.1, 0.15) is 18.4 Å². The van der Waals surface area contributed by atoms with Crippen molar-refractivity contribution < 1.29 is 13.9 Å². The van der Waals surface area contributed by atoms with Gasteiger partial charge in [0.1, 0.15) is 36.2 Å². The maximum atomic E-state index is 14.8. The molecule has 3 aromatic carbocycles. The number of ether oxygens (including phenoxy) is 2. The summed E-state index contributed by atoms with van der Waals surface area (Å²) in [7, 11) is 0. The number of rotatable bonds is 10. The molecule has 8 rings (SSSR count). The zero-order valence-electron chi connectivity index (χ0n) is 25.7. The third-order valence-corrected chi connectivity index (χ3v) is 8.68. The quantitative estimate of drug-likeness (QED) is 0.160. The maximum absolute atomic E-state index is 14.8. The van der Waals surface area contributed by atoms with Gasteiger partial charge in [0.25, 0.3) is 0 Å². The highest BCUT2D eigenvalue weighted by molar-refractivity contribution is 6.01. The van der Waals surface area contributed by atoms with E-state index in [0.717, 1.165) is 80.8 Å². The van der Waals surface area contributed by atoms with Crippen molar-refractivity contribution in [2.24, 2.45) is 0 Å². The highest BCUT2D eigenvalue weighted by Gasteiger charge is 2.17. The van der Waals surface area contributed by atoms with Crippen LogP contribution < -0.4 is 9.47 Å². The Balaban J connectivity index is 1.08. The van der Waals surface area contributed by atoms with Crippen LogP contribution in [0.25, 0.3) is 55.6 Å². The van der Waals surface area contributed by atoms with E-state index in [2.05, 4.69) is 36.1 Å². The molecule has 1 aliphatic heterocycles. The van der Waals surface area contributed by atoms with Crippen LogP contribution in [-0.2, 0) is 6.61 Å². The van der Waals surface area contributed by atoms with Crippen LogP contribution in [0.5, 0.6) is 11.5 Å². The maximum Gasteiger partial charge on any atom is 0.138 e. The number of fused-ring (bicyclic) bond motifs is 2. The normalized spacial score (nSPS) is 13.5. The Bertz CT molecular complexity index is 2170. The molecule has 0 spiro atoms. The molecular weight excluding hydrogens is 591 g/mol. The third-order valence-electron chi connectivity index (χ3n) is 8.68. The van der Waals surface area contributed by atoms with Gasteiger partial charge in [-0.1, -0.05) is 42.5 Å². The number of aromatic nitrogens is 5. The molecule has 7 aromatic rings. The van der Waals surface area contributed by atoms with E-state index in [1.54, 1.807) is 24.7 Å². The summed E-state index contributed by atoms with van der Waals surface area (Å²) in [5, 5.41) is 9.65. The number of likely N-dealkylation sites (tertiary alicyclic amines) is 1. The summed E-state index contributed by atoms with van der Waals surface area (Å²) in [6.07, 6.45) is 7.73. The lowest BCUT2D eigenvalue weighted by Gasteiger charge is -2.15. The second-order valence-electron chi connectivity index (χ2n) is 11.9. The van der Waals surface area contributed by atoms with E-state index in [9.17, 15) is 4.39 Å². The Morgan fingerprint density at radius 3 is 2.53 bits per heavy atom. The smallest absolute Gasteiger partial charge is 0.138 e. The van der Waals surface area contributed by atoms with Crippen LogP contribution in [0.15, 0.2) is 104 Å². The summed E-state index contributed by atoms with van der Waals surface area (Å²) in [6.45, 7) is 4.04. The van der Waals surface area contributed by atoms with Crippen LogP contribution in [0.4, 0.5) is 4.39 Å². The summed E-state index contributed by atoms with van der Waals surface area (Å²) < 4.78 is 26.8. The first kappa shape index (κ1) is 28.9. The average molecular weight is 625 g/mol. The van der Waals surface area contributed by atoms with Gasteiger partial charge in [0.15, 0.2) is 0 Å². The first-order chi connectivity index (χ1) is 23.2. The molecule has 0 saturated carbocycles. The summed E-state index contributed by atoms with van der Waals surface area (Å²) in [6, 6.07) is 27.0. The predicted octanol–water partition coefficient (Wildman–Crippen LogP) is 8.03. The summed E-state index contributed by atoms with van der Waals surface area (Å²) in [4.78, 5) is 15.0. The van der Waals surface area contributed by atoms with Crippen molar-refractivity contribution in [3.8, 4) is 45.3 Å². The van der Waals surface area contributed by atoms with Gasteiger partial charge in [-0.2, -0.15) is 5.10 Å². The van der Waals surface area contributed by atoms with Gasteiger partial charge < -0.3 is 14.5 Å².